The van der Waals surface area contributed by atoms with Crippen molar-refractivity contribution in [2.24, 2.45) is 0 Å². The lowest BCUT2D eigenvalue weighted by atomic mass is 10.0. The standard InChI is InChI=1S/C17H21N3S/c1-3-13-6-4-5-7-14(13)11-20-9-8-16-15(12-20)10-18-17(19-16)21-2/h4-7,10H,3,8-9,11-12H2,1-2H3. The van der Waals surface area contributed by atoms with Gasteiger partial charge in [-0.3, -0.25) is 4.90 Å². The fourth-order valence-electron chi connectivity index (χ4n) is 2.89. The number of hydrogen-bond acceptors (Lipinski definition) is 4. The minimum atomic E-state index is 0.888. The van der Waals surface area contributed by atoms with Gasteiger partial charge in [-0.05, 0) is 23.8 Å². The molecule has 0 bridgehead atoms. The quantitative estimate of drug-likeness (QED) is 0.640. The molecule has 3 nitrogen and oxygen atoms in total. The summed E-state index contributed by atoms with van der Waals surface area (Å²) < 4.78 is 0. The minimum absolute atomic E-state index is 0.888. The summed E-state index contributed by atoms with van der Waals surface area (Å²) in [4.78, 5) is 11.5. The van der Waals surface area contributed by atoms with Crippen LogP contribution in [0.15, 0.2) is 35.6 Å². The molecule has 21 heavy (non-hydrogen) atoms. The molecule has 110 valence electrons. The van der Waals surface area contributed by atoms with E-state index in [4.69, 9.17) is 0 Å². The van der Waals surface area contributed by atoms with Crippen LogP contribution < -0.4 is 0 Å². The normalized spacial score (nSPS) is 15.0. The molecule has 0 fully saturated rings. The Bertz CT molecular complexity index is 627. The van der Waals surface area contributed by atoms with E-state index in [-0.39, 0.29) is 0 Å². The molecular weight excluding hydrogens is 278 g/mol. The second kappa shape index (κ2) is 6.58. The first-order valence-corrected chi connectivity index (χ1v) is 8.70. The van der Waals surface area contributed by atoms with Gasteiger partial charge in [0.1, 0.15) is 0 Å². The summed E-state index contributed by atoms with van der Waals surface area (Å²) in [5.74, 6) is 0. The smallest absolute Gasteiger partial charge is 0.187 e. The Hall–Kier alpha value is -1.39. The second-order valence-electron chi connectivity index (χ2n) is 5.41. The van der Waals surface area contributed by atoms with Crippen molar-refractivity contribution in [3.05, 3.63) is 52.8 Å². The van der Waals surface area contributed by atoms with Gasteiger partial charge >= 0.3 is 0 Å². The third kappa shape index (κ3) is 3.27. The summed E-state index contributed by atoms with van der Waals surface area (Å²) in [7, 11) is 0. The number of nitrogens with zero attached hydrogens (tertiary/aromatic N) is 3. The molecule has 0 atom stereocenters. The van der Waals surface area contributed by atoms with Crippen molar-refractivity contribution < 1.29 is 0 Å². The highest BCUT2D eigenvalue weighted by atomic mass is 32.2. The molecule has 0 unspecified atom stereocenters. The van der Waals surface area contributed by atoms with Gasteiger partial charge in [-0.2, -0.15) is 0 Å². The maximum Gasteiger partial charge on any atom is 0.187 e. The van der Waals surface area contributed by atoms with E-state index in [1.165, 1.54) is 22.4 Å². The molecule has 0 amide bonds. The van der Waals surface area contributed by atoms with Crippen molar-refractivity contribution in [2.45, 2.75) is 38.0 Å². The lowest BCUT2D eigenvalue weighted by Crippen LogP contribution is -2.31. The third-order valence-corrected chi connectivity index (χ3v) is 4.63. The lowest BCUT2D eigenvalue weighted by molar-refractivity contribution is 0.241. The van der Waals surface area contributed by atoms with Gasteiger partial charge in [0.05, 0.1) is 5.69 Å². The Morgan fingerprint density at radius 3 is 2.81 bits per heavy atom. The summed E-state index contributed by atoms with van der Waals surface area (Å²) in [6, 6.07) is 8.76. The van der Waals surface area contributed by atoms with E-state index in [0.717, 1.165) is 37.6 Å². The second-order valence-corrected chi connectivity index (χ2v) is 6.18. The number of aryl methyl sites for hydroxylation is 1. The van der Waals surface area contributed by atoms with E-state index in [1.54, 1.807) is 11.8 Å². The Morgan fingerprint density at radius 1 is 1.24 bits per heavy atom. The van der Waals surface area contributed by atoms with Gasteiger partial charge in [-0.1, -0.05) is 43.0 Å². The Morgan fingerprint density at radius 2 is 2.05 bits per heavy atom. The molecule has 1 aromatic heterocycles. The molecule has 1 aliphatic rings. The molecule has 4 heteroatoms. The van der Waals surface area contributed by atoms with Crippen LogP contribution in [0.3, 0.4) is 0 Å². The van der Waals surface area contributed by atoms with Crippen molar-refractivity contribution in [3.8, 4) is 0 Å². The van der Waals surface area contributed by atoms with E-state index in [0.29, 0.717) is 0 Å². The molecule has 2 heterocycles. The molecule has 0 saturated carbocycles. The largest absolute Gasteiger partial charge is 0.294 e. The summed E-state index contributed by atoms with van der Waals surface area (Å²) in [6.45, 7) is 5.29. The Labute approximate surface area is 130 Å². The van der Waals surface area contributed by atoms with Crippen LogP contribution in [0.5, 0.6) is 0 Å². The third-order valence-electron chi connectivity index (χ3n) is 4.07. The highest BCUT2D eigenvalue weighted by Crippen LogP contribution is 2.21. The van der Waals surface area contributed by atoms with Gasteiger partial charge in [0.25, 0.3) is 0 Å². The predicted octanol–water partition coefficient (Wildman–Crippen LogP) is 3.32. The van der Waals surface area contributed by atoms with Crippen LogP contribution in [0.4, 0.5) is 0 Å². The molecule has 0 saturated heterocycles. The fraction of sp³-hybridized carbons (Fsp3) is 0.412. The van der Waals surface area contributed by atoms with Gasteiger partial charge in [0.15, 0.2) is 5.16 Å². The molecule has 0 radical (unpaired) electrons. The average molecular weight is 299 g/mol. The maximum absolute atomic E-state index is 4.63. The number of aromatic nitrogens is 2. The molecule has 0 aliphatic carbocycles. The fourth-order valence-corrected chi connectivity index (χ4v) is 3.25. The molecule has 2 aromatic rings. The van der Waals surface area contributed by atoms with Crippen molar-refractivity contribution in [3.63, 3.8) is 0 Å². The Balaban J connectivity index is 1.74. The van der Waals surface area contributed by atoms with Gasteiger partial charge in [0, 0.05) is 37.8 Å². The average Bonchev–Trinajstić information content (AvgIpc) is 2.55. The monoisotopic (exact) mass is 299 g/mol. The van der Waals surface area contributed by atoms with Crippen LogP contribution in [0.2, 0.25) is 0 Å². The zero-order valence-corrected chi connectivity index (χ0v) is 13.5. The number of thioether (sulfide) groups is 1. The number of rotatable bonds is 4. The van der Waals surface area contributed by atoms with Gasteiger partial charge in [-0.25, -0.2) is 9.97 Å². The molecule has 0 N–H and O–H groups in total. The van der Waals surface area contributed by atoms with Crippen molar-refractivity contribution in [1.29, 1.82) is 0 Å². The first-order chi connectivity index (χ1) is 10.3. The van der Waals surface area contributed by atoms with Crippen LogP contribution in [0.25, 0.3) is 0 Å². The maximum atomic E-state index is 4.63. The Kier molecular flexibility index (Phi) is 4.56. The van der Waals surface area contributed by atoms with Crippen molar-refractivity contribution in [1.82, 2.24) is 14.9 Å². The molecule has 0 spiro atoms. The summed E-state index contributed by atoms with van der Waals surface area (Å²) >= 11 is 1.61. The summed E-state index contributed by atoms with van der Waals surface area (Å²) in [5.41, 5.74) is 5.42. The van der Waals surface area contributed by atoms with Gasteiger partial charge < -0.3 is 0 Å². The highest BCUT2D eigenvalue weighted by Gasteiger charge is 2.19. The zero-order chi connectivity index (χ0) is 14.7. The van der Waals surface area contributed by atoms with Crippen LogP contribution in [0.1, 0.15) is 29.3 Å². The van der Waals surface area contributed by atoms with Crippen LogP contribution >= 0.6 is 11.8 Å². The van der Waals surface area contributed by atoms with E-state index in [2.05, 4.69) is 46.1 Å². The lowest BCUT2D eigenvalue weighted by Gasteiger charge is -2.28. The van der Waals surface area contributed by atoms with E-state index in [9.17, 15) is 0 Å². The van der Waals surface area contributed by atoms with Crippen LogP contribution in [-0.4, -0.2) is 27.7 Å². The van der Waals surface area contributed by atoms with Gasteiger partial charge in [-0.15, -0.1) is 0 Å². The summed E-state index contributed by atoms with van der Waals surface area (Å²) in [5, 5.41) is 0.888. The van der Waals surface area contributed by atoms with E-state index >= 15 is 0 Å². The molecule has 1 aromatic carbocycles. The molecule has 1 aliphatic heterocycles. The van der Waals surface area contributed by atoms with E-state index < -0.39 is 0 Å². The molecular formula is C17H21N3S. The predicted molar refractivity (Wildman–Crippen MR) is 87.5 cm³/mol. The topological polar surface area (TPSA) is 29.0 Å². The SMILES string of the molecule is CCc1ccccc1CN1CCc2nc(SC)ncc2C1. The number of fused-ring (bicyclic) bond motifs is 1. The zero-order valence-electron chi connectivity index (χ0n) is 12.7. The summed E-state index contributed by atoms with van der Waals surface area (Å²) in [6.07, 6.45) is 6.16. The van der Waals surface area contributed by atoms with Crippen molar-refractivity contribution >= 4 is 11.8 Å². The van der Waals surface area contributed by atoms with Crippen LogP contribution in [-0.2, 0) is 25.9 Å². The highest BCUT2D eigenvalue weighted by molar-refractivity contribution is 7.98. The number of hydrogen-bond donors (Lipinski definition) is 0. The molecule has 3 rings (SSSR count). The van der Waals surface area contributed by atoms with Gasteiger partial charge in [0.2, 0.25) is 0 Å². The first kappa shape index (κ1) is 14.5. The van der Waals surface area contributed by atoms with E-state index in [1.807, 2.05) is 12.5 Å². The first-order valence-electron chi connectivity index (χ1n) is 7.48. The van der Waals surface area contributed by atoms with Crippen LogP contribution in [0, 0.1) is 0 Å². The minimum Gasteiger partial charge on any atom is -0.294 e. The van der Waals surface area contributed by atoms with Crippen molar-refractivity contribution in [2.75, 3.05) is 12.8 Å². The number of benzene rings is 1.